The molecule has 7 nitrogen and oxygen atoms in total. The third kappa shape index (κ3) is 5.45. The molecule has 0 saturated carbocycles. The molecule has 1 aromatic carbocycles. The van der Waals surface area contributed by atoms with Crippen molar-refractivity contribution in [2.24, 2.45) is 0 Å². The summed E-state index contributed by atoms with van der Waals surface area (Å²) in [5.74, 6) is -1.84. The summed E-state index contributed by atoms with van der Waals surface area (Å²) in [4.78, 5) is 21.7. The first-order valence-corrected chi connectivity index (χ1v) is 8.23. The second-order valence-corrected chi connectivity index (χ2v) is 6.30. The zero-order valence-corrected chi connectivity index (χ0v) is 13.0. The molecule has 0 aliphatic heterocycles. The largest absolute Gasteiger partial charge is 0.550 e. The summed E-state index contributed by atoms with van der Waals surface area (Å²) in [5.41, 5.74) is -0.0329. The van der Waals surface area contributed by atoms with Gasteiger partial charge in [-0.3, -0.25) is 0 Å². The number of hydrogen-bond acceptors (Lipinski definition) is 6. The minimum atomic E-state index is -3.83. The molecule has 1 N–H and O–H groups in total. The van der Waals surface area contributed by atoms with E-state index in [0.29, 0.717) is 19.3 Å². The Morgan fingerprint density at radius 1 is 1.18 bits per heavy atom. The van der Waals surface area contributed by atoms with Crippen LogP contribution in [0.4, 0.5) is 0 Å². The van der Waals surface area contributed by atoms with Crippen LogP contribution < -0.4 is 9.83 Å². The van der Waals surface area contributed by atoms with E-state index in [1.54, 1.807) is 6.07 Å². The van der Waals surface area contributed by atoms with E-state index in [2.05, 4.69) is 9.46 Å². The molecule has 0 aliphatic carbocycles. The molecule has 22 heavy (non-hydrogen) atoms. The Labute approximate surface area is 129 Å². The molecule has 0 heterocycles. The van der Waals surface area contributed by atoms with Crippen molar-refractivity contribution < 1.29 is 27.9 Å². The second-order valence-electron chi connectivity index (χ2n) is 4.57. The Morgan fingerprint density at radius 2 is 1.86 bits per heavy atom. The van der Waals surface area contributed by atoms with Crippen LogP contribution in [0.5, 0.6) is 0 Å². The number of rotatable bonds is 9. The summed E-state index contributed by atoms with van der Waals surface area (Å²) in [7, 11) is -2.65. The average molecular weight is 328 g/mol. The zero-order chi connectivity index (χ0) is 16.6. The van der Waals surface area contributed by atoms with Crippen molar-refractivity contribution in [3.63, 3.8) is 0 Å². The number of aliphatic carboxylic acids is 1. The van der Waals surface area contributed by atoms with E-state index < -0.39 is 22.0 Å². The second kappa shape index (κ2) is 8.50. The Morgan fingerprint density at radius 3 is 2.50 bits per heavy atom. The maximum atomic E-state index is 12.2. The molecule has 0 bridgehead atoms. The van der Waals surface area contributed by atoms with Gasteiger partial charge in [-0.05, 0) is 31.4 Å². The summed E-state index contributed by atoms with van der Waals surface area (Å²) in [5, 5.41) is 10.2. The summed E-state index contributed by atoms with van der Waals surface area (Å²) in [6.07, 6.45) is 1.45. The van der Waals surface area contributed by atoms with Crippen molar-refractivity contribution in [1.82, 2.24) is 4.72 Å². The number of esters is 1. The van der Waals surface area contributed by atoms with Gasteiger partial charge in [0.2, 0.25) is 10.0 Å². The lowest BCUT2D eigenvalue weighted by atomic mass is 10.2. The molecule has 0 radical (unpaired) electrons. The first-order chi connectivity index (χ1) is 10.4. The Kier molecular flexibility index (Phi) is 7.00. The third-order valence-electron chi connectivity index (χ3n) is 2.93. The quantitative estimate of drug-likeness (QED) is 0.507. The van der Waals surface area contributed by atoms with Crippen molar-refractivity contribution in [3.05, 3.63) is 29.8 Å². The monoisotopic (exact) mass is 328 g/mol. The minimum absolute atomic E-state index is 0.0329. The van der Waals surface area contributed by atoms with Gasteiger partial charge in [-0.1, -0.05) is 18.6 Å². The third-order valence-corrected chi connectivity index (χ3v) is 4.45. The molecule has 0 saturated heterocycles. The molecule has 0 atom stereocenters. The van der Waals surface area contributed by atoms with Gasteiger partial charge in [-0.15, -0.1) is 0 Å². The lowest BCUT2D eigenvalue weighted by molar-refractivity contribution is -0.305. The number of carbonyl (C=O) groups is 2. The number of carbonyl (C=O) groups excluding carboxylic acids is 2. The normalized spacial score (nSPS) is 11.1. The van der Waals surface area contributed by atoms with Crippen LogP contribution in [0.25, 0.3) is 0 Å². The molecule has 0 spiro atoms. The molecule has 0 amide bonds. The molecule has 0 unspecified atom stereocenters. The Balaban J connectivity index is 2.64. The number of ether oxygens (including phenoxy) is 1. The van der Waals surface area contributed by atoms with E-state index in [4.69, 9.17) is 0 Å². The van der Waals surface area contributed by atoms with Gasteiger partial charge in [0.05, 0.1) is 17.6 Å². The van der Waals surface area contributed by atoms with Gasteiger partial charge < -0.3 is 14.6 Å². The van der Waals surface area contributed by atoms with Gasteiger partial charge in [-0.2, -0.15) is 0 Å². The predicted octanol–water partition coefficient (Wildman–Crippen LogP) is 0.0618. The number of nitrogens with one attached hydrogen (secondary N) is 1. The first-order valence-electron chi connectivity index (χ1n) is 6.75. The number of carboxylic acid groups (broad SMARTS) is 1. The van der Waals surface area contributed by atoms with Crippen molar-refractivity contribution in [2.45, 2.75) is 30.6 Å². The molecule has 0 aromatic heterocycles. The molecule has 0 aliphatic rings. The average Bonchev–Trinajstić information content (AvgIpc) is 2.49. The standard InChI is InChI=1S/C14H19NO6S/c1-21-14(18)11-7-4-5-8-12(11)22(19,20)15-10-6-2-3-9-13(16)17/h4-5,7-8,15H,2-3,6,9-10H2,1H3,(H,16,17)/p-1. The van der Waals surface area contributed by atoms with Gasteiger partial charge in [0.1, 0.15) is 0 Å². The molecular formula is C14H18NO6S-. The van der Waals surface area contributed by atoms with E-state index >= 15 is 0 Å². The van der Waals surface area contributed by atoms with Gasteiger partial charge in [0.25, 0.3) is 0 Å². The van der Waals surface area contributed by atoms with Crippen molar-refractivity contribution >= 4 is 22.0 Å². The van der Waals surface area contributed by atoms with Gasteiger partial charge in [0.15, 0.2) is 0 Å². The van der Waals surface area contributed by atoms with Gasteiger partial charge in [0, 0.05) is 12.5 Å². The number of carboxylic acids is 1. The van der Waals surface area contributed by atoms with Crippen LogP contribution in [-0.4, -0.2) is 34.0 Å². The molecular weight excluding hydrogens is 310 g/mol. The van der Waals surface area contributed by atoms with E-state index in [1.165, 1.54) is 25.3 Å². The lowest BCUT2D eigenvalue weighted by Crippen LogP contribution is -2.27. The Hall–Kier alpha value is -1.93. The van der Waals surface area contributed by atoms with Crippen LogP contribution in [0.3, 0.4) is 0 Å². The maximum Gasteiger partial charge on any atom is 0.339 e. The topological polar surface area (TPSA) is 113 Å². The number of hydrogen-bond donors (Lipinski definition) is 1. The first kappa shape index (κ1) is 18.1. The molecule has 8 heteroatoms. The molecule has 122 valence electrons. The van der Waals surface area contributed by atoms with E-state index in [9.17, 15) is 23.1 Å². The summed E-state index contributed by atoms with van der Waals surface area (Å²) in [6, 6.07) is 5.76. The molecule has 1 rings (SSSR count). The summed E-state index contributed by atoms with van der Waals surface area (Å²) in [6.45, 7) is 0.158. The van der Waals surface area contributed by atoms with Gasteiger partial charge >= 0.3 is 5.97 Å². The van der Waals surface area contributed by atoms with Crippen LogP contribution in [0.15, 0.2) is 29.2 Å². The highest BCUT2D eigenvalue weighted by Crippen LogP contribution is 2.16. The fourth-order valence-corrected chi connectivity index (χ4v) is 3.10. The SMILES string of the molecule is COC(=O)c1ccccc1S(=O)(=O)NCCCCCC(=O)[O-]. The van der Waals surface area contributed by atoms with Crippen LogP contribution in [-0.2, 0) is 19.6 Å². The fraction of sp³-hybridized carbons (Fsp3) is 0.429. The van der Waals surface area contributed by atoms with E-state index in [0.717, 1.165) is 0 Å². The highest BCUT2D eigenvalue weighted by atomic mass is 32.2. The van der Waals surface area contributed by atoms with E-state index in [1.807, 2.05) is 0 Å². The maximum absolute atomic E-state index is 12.2. The van der Waals surface area contributed by atoms with Crippen LogP contribution in [0, 0.1) is 0 Å². The summed E-state index contributed by atoms with van der Waals surface area (Å²) < 4.78 is 31.3. The zero-order valence-electron chi connectivity index (χ0n) is 12.2. The number of sulfonamides is 1. The van der Waals surface area contributed by atoms with E-state index in [-0.39, 0.29) is 23.4 Å². The van der Waals surface area contributed by atoms with Crippen LogP contribution in [0.2, 0.25) is 0 Å². The number of benzene rings is 1. The van der Waals surface area contributed by atoms with Crippen molar-refractivity contribution in [2.75, 3.05) is 13.7 Å². The highest BCUT2D eigenvalue weighted by Gasteiger charge is 2.21. The fourth-order valence-electron chi connectivity index (χ4n) is 1.83. The smallest absolute Gasteiger partial charge is 0.339 e. The Bertz CT molecular complexity index is 626. The number of methoxy groups -OCH3 is 1. The van der Waals surface area contributed by atoms with Gasteiger partial charge in [-0.25, -0.2) is 17.9 Å². The highest BCUT2D eigenvalue weighted by molar-refractivity contribution is 7.89. The minimum Gasteiger partial charge on any atom is -0.550 e. The van der Waals surface area contributed by atoms with Crippen LogP contribution >= 0.6 is 0 Å². The van der Waals surface area contributed by atoms with Crippen molar-refractivity contribution in [3.8, 4) is 0 Å². The molecule has 1 aromatic rings. The van der Waals surface area contributed by atoms with Crippen LogP contribution in [0.1, 0.15) is 36.0 Å². The summed E-state index contributed by atoms with van der Waals surface area (Å²) >= 11 is 0. The molecule has 0 fully saturated rings. The predicted molar refractivity (Wildman–Crippen MR) is 76.4 cm³/mol. The number of unbranched alkanes of at least 4 members (excludes halogenated alkanes) is 2. The van der Waals surface area contributed by atoms with Crippen molar-refractivity contribution in [1.29, 1.82) is 0 Å². The lowest BCUT2D eigenvalue weighted by Gasteiger charge is -2.10.